The van der Waals surface area contributed by atoms with E-state index in [2.05, 4.69) is 9.60 Å². The third-order valence-corrected chi connectivity index (χ3v) is 1.95. The summed E-state index contributed by atoms with van der Waals surface area (Å²) in [5, 5.41) is 3.50. The van der Waals surface area contributed by atoms with Gasteiger partial charge < -0.3 is 10.1 Å². The zero-order chi connectivity index (χ0) is 10.8. The van der Waals surface area contributed by atoms with Crippen LogP contribution < -0.4 is 5.32 Å². The van der Waals surface area contributed by atoms with Crippen molar-refractivity contribution >= 4 is 16.2 Å². The molecular formula is C6H12N2O5S. The van der Waals surface area contributed by atoms with E-state index in [1.807, 2.05) is 0 Å². The third kappa shape index (κ3) is 3.13. The van der Waals surface area contributed by atoms with Gasteiger partial charge in [0.15, 0.2) is 0 Å². The first-order valence-corrected chi connectivity index (χ1v) is 5.76. The SMILES string of the molecule is CNCC1CN(OS(C)(=O)=O)C(=O)O1. The lowest BCUT2D eigenvalue weighted by molar-refractivity contribution is 0.00650. The molecule has 82 valence electrons. The fourth-order valence-electron chi connectivity index (χ4n) is 1.06. The molecular weight excluding hydrogens is 212 g/mol. The molecule has 1 unspecified atom stereocenters. The summed E-state index contributed by atoms with van der Waals surface area (Å²) in [6.07, 6.45) is -0.295. The van der Waals surface area contributed by atoms with Crippen LogP contribution in [0.4, 0.5) is 4.79 Å². The fraction of sp³-hybridized carbons (Fsp3) is 0.833. The Bertz CT molecular complexity index is 314. The van der Waals surface area contributed by atoms with Crippen LogP contribution >= 0.6 is 0 Å². The topological polar surface area (TPSA) is 84.9 Å². The van der Waals surface area contributed by atoms with Gasteiger partial charge in [-0.1, -0.05) is 0 Å². The number of carbonyl (C=O) groups is 1. The number of amides is 1. The molecule has 1 N–H and O–H groups in total. The number of rotatable bonds is 4. The molecule has 1 atom stereocenters. The minimum atomic E-state index is -3.67. The summed E-state index contributed by atoms with van der Waals surface area (Å²) < 4.78 is 30.6. The van der Waals surface area contributed by atoms with Gasteiger partial charge in [0.2, 0.25) is 0 Å². The lowest BCUT2D eigenvalue weighted by Crippen LogP contribution is -2.30. The summed E-state index contributed by atoms with van der Waals surface area (Å²) >= 11 is 0. The van der Waals surface area contributed by atoms with Gasteiger partial charge in [-0.3, -0.25) is 0 Å². The minimum absolute atomic E-state index is 0.104. The van der Waals surface area contributed by atoms with Crippen LogP contribution in [0.15, 0.2) is 0 Å². The number of hydrogen-bond acceptors (Lipinski definition) is 6. The van der Waals surface area contributed by atoms with Gasteiger partial charge in [0.25, 0.3) is 10.1 Å². The Labute approximate surface area is 82.0 Å². The second-order valence-corrected chi connectivity index (χ2v) is 4.46. The number of nitrogens with zero attached hydrogens (tertiary/aromatic N) is 1. The summed E-state index contributed by atoms with van der Waals surface area (Å²) in [4.78, 5) is 11.0. The van der Waals surface area contributed by atoms with Gasteiger partial charge in [-0.2, -0.15) is 13.5 Å². The van der Waals surface area contributed by atoms with Gasteiger partial charge in [0.05, 0.1) is 12.8 Å². The predicted molar refractivity (Wildman–Crippen MR) is 46.8 cm³/mol. The highest BCUT2D eigenvalue weighted by Gasteiger charge is 2.34. The molecule has 0 radical (unpaired) electrons. The average Bonchev–Trinajstić information content (AvgIpc) is 2.29. The lowest BCUT2D eigenvalue weighted by atomic mass is 10.4. The third-order valence-electron chi connectivity index (χ3n) is 1.50. The first-order valence-electron chi connectivity index (χ1n) is 3.94. The first-order chi connectivity index (χ1) is 6.42. The van der Waals surface area contributed by atoms with E-state index in [4.69, 9.17) is 4.74 Å². The fourth-order valence-corrected chi connectivity index (χ4v) is 1.50. The van der Waals surface area contributed by atoms with E-state index in [9.17, 15) is 13.2 Å². The van der Waals surface area contributed by atoms with Gasteiger partial charge in [-0.15, -0.1) is 4.28 Å². The standard InChI is InChI=1S/C6H12N2O5S/c1-7-3-5-4-8(6(9)12-5)13-14(2,10)11/h5,7H,3-4H2,1-2H3. The highest BCUT2D eigenvalue weighted by molar-refractivity contribution is 7.85. The molecule has 1 aliphatic rings. The number of cyclic esters (lactones) is 1. The van der Waals surface area contributed by atoms with Crippen molar-refractivity contribution in [1.29, 1.82) is 0 Å². The van der Waals surface area contributed by atoms with Crippen molar-refractivity contribution in [2.75, 3.05) is 26.4 Å². The normalized spacial score (nSPS) is 22.6. The maximum absolute atomic E-state index is 11.0. The minimum Gasteiger partial charge on any atom is -0.441 e. The van der Waals surface area contributed by atoms with E-state index in [0.29, 0.717) is 11.6 Å². The number of likely N-dealkylation sites (N-methyl/N-ethyl adjacent to an activating group) is 1. The molecule has 1 heterocycles. The maximum Gasteiger partial charge on any atom is 0.435 e. The molecule has 1 fully saturated rings. The molecule has 0 aromatic heterocycles. The monoisotopic (exact) mass is 224 g/mol. The molecule has 0 aliphatic carbocycles. The van der Waals surface area contributed by atoms with E-state index in [0.717, 1.165) is 6.26 Å². The number of nitrogens with one attached hydrogen (secondary N) is 1. The molecule has 0 saturated carbocycles. The van der Waals surface area contributed by atoms with Crippen molar-refractivity contribution < 1.29 is 22.2 Å². The van der Waals surface area contributed by atoms with E-state index in [1.165, 1.54) is 0 Å². The van der Waals surface area contributed by atoms with Crippen molar-refractivity contribution in [3.8, 4) is 0 Å². The van der Waals surface area contributed by atoms with Gasteiger partial charge in [-0.05, 0) is 7.05 Å². The Kier molecular flexibility index (Phi) is 3.29. The summed E-state index contributed by atoms with van der Waals surface area (Å²) in [6.45, 7) is 0.558. The van der Waals surface area contributed by atoms with Gasteiger partial charge in [0, 0.05) is 6.54 Å². The molecule has 7 nitrogen and oxygen atoms in total. The zero-order valence-electron chi connectivity index (χ0n) is 7.89. The quantitative estimate of drug-likeness (QED) is 0.653. The molecule has 0 spiro atoms. The van der Waals surface area contributed by atoms with Crippen LogP contribution in [-0.2, 0) is 19.1 Å². The largest absolute Gasteiger partial charge is 0.441 e. The Balaban J connectivity index is 2.53. The van der Waals surface area contributed by atoms with E-state index in [1.54, 1.807) is 7.05 Å². The second kappa shape index (κ2) is 4.11. The molecule has 14 heavy (non-hydrogen) atoms. The van der Waals surface area contributed by atoms with Crippen LogP contribution in [-0.4, -0.2) is 52.1 Å². The van der Waals surface area contributed by atoms with Crippen molar-refractivity contribution in [3.05, 3.63) is 0 Å². The number of ether oxygens (including phenoxy) is 1. The Morgan fingerprint density at radius 2 is 2.36 bits per heavy atom. The number of carbonyl (C=O) groups excluding carboxylic acids is 1. The van der Waals surface area contributed by atoms with Crippen LogP contribution in [0.5, 0.6) is 0 Å². The molecule has 0 aromatic carbocycles. The molecule has 1 amide bonds. The molecule has 0 aromatic rings. The molecule has 1 saturated heterocycles. The number of hydrogen-bond donors (Lipinski definition) is 1. The Morgan fingerprint density at radius 3 is 2.86 bits per heavy atom. The Morgan fingerprint density at radius 1 is 1.71 bits per heavy atom. The summed E-state index contributed by atoms with van der Waals surface area (Å²) in [5.74, 6) is 0. The van der Waals surface area contributed by atoms with Crippen molar-refractivity contribution in [1.82, 2.24) is 10.4 Å². The number of hydroxylamine groups is 2. The first kappa shape index (κ1) is 11.2. The van der Waals surface area contributed by atoms with Gasteiger partial charge >= 0.3 is 6.09 Å². The van der Waals surface area contributed by atoms with E-state index in [-0.39, 0.29) is 12.6 Å². The predicted octanol–water partition coefficient (Wildman–Crippen LogP) is -1.08. The molecule has 8 heteroatoms. The van der Waals surface area contributed by atoms with Crippen molar-refractivity contribution in [2.45, 2.75) is 6.10 Å². The second-order valence-electron chi connectivity index (χ2n) is 2.90. The molecule has 1 rings (SSSR count). The van der Waals surface area contributed by atoms with Crippen LogP contribution in [0.3, 0.4) is 0 Å². The summed E-state index contributed by atoms with van der Waals surface area (Å²) in [7, 11) is -1.97. The van der Waals surface area contributed by atoms with Crippen molar-refractivity contribution in [3.63, 3.8) is 0 Å². The highest BCUT2D eigenvalue weighted by Crippen LogP contribution is 2.12. The van der Waals surface area contributed by atoms with Crippen LogP contribution in [0.2, 0.25) is 0 Å². The van der Waals surface area contributed by atoms with Crippen LogP contribution in [0, 0.1) is 0 Å². The van der Waals surface area contributed by atoms with Crippen molar-refractivity contribution in [2.24, 2.45) is 0 Å². The van der Waals surface area contributed by atoms with E-state index >= 15 is 0 Å². The van der Waals surface area contributed by atoms with Crippen LogP contribution in [0.1, 0.15) is 0 Å². The average molecular weight is 224 g/mol. The smallest absolute Gasteiger partial charge is 0.435 e. The van der Waals surface area contributed by atoms with Gasteiger partial charge in [0.1, 0.15) is 6.10 Å². The summed E-state index contributed by atoms with van der Waals surface area (Å²) in [6, 6.07) is 0. The van der Waals surface area contributed by atoms with E-state index < -0.39 is 16.2 Å². The maximum atomic E-state index is 11.0. The molecule has 0 bridgehead atoms. The zero-order valence-corrected chi connectivity index (χ0v) is 8.70. The van der Waals surface area contributed by atoms with Gasteiger partial charge in [-0.25, -0.2) is 4.79 Å². The van der Waals surface area contributed by atoms with Crippen LogP contribution in [0.25, 0.3) is 0 Å². The summed E-state index contributed by atoms with van der Waals surface area (Å²) in [5.41, 5.74) is 0. The molecule has 1 aliphatic heterocycles. The Hall–Kier alpha value is -0.860. The lowest BCUT2D eigenvalue weighted by Gasteiger charge is -2.09. The highest BCUT2D eigenvalue weighted by atomic mass is 32.2.